The summed E-state index contributed by atoms with van der Waals surface area (Å²) in [5.74, 6) is -1.78. The molecule has 0 spiro atoms. The molecule has 2 amide bonds. The number of amides is 2. The van der Waals surface area contributed by atoms with Crippen molar-refractivity contribution < 1.29 is 34.1 Å². The number of nitrogens with one attached hydrogen (secondary N) is 1. The van der Waals surface area contributed by atoms with Gasteiger partial charge in [0.2, 0.25) is 11.7 Å². The van der Waals surface area contributed by atoms with Gasteiger partial charge in [-0.2, -0.15) is 0 Å². The van der Waals surface area contributed by atoms with E-state index < -0.39 is 18.4 Å². The summed E-state index contributed by atoms with van der Waals surface area (Å²) in [4.78, 5) is 36.3. The van der Waals surface area contributed by atoms with Crippen molar-refractivity contribution in [3.05, 3.63) is 22.6 Å². The Morgan fingerprint density at radius 2 is 1.89 bits per heavy atom. The Kier molecular flexibility index (Phi) is 7.24. The number of thiocarbonyl (C=S) groups is 1. The molecule has 1 saturated heterocycles. The molecule has 1 aliphatic rings. The predicted octanol–water partition coefficient (Wildman–Crippen LogP) is 1.20. The maximum Gasteiger partial charge on any atom is 0.322 e. The summed E-state index contributed by atoms with van der Waals surface area (Å²) < 4.78 is 10.5. The number of rotatable bonds is 8. The van der Waals surface area contributed by atoms with Gasteiger partial charge in [-0.25, -0.2) is 0 Å². The molecule has 150 valence electrons. The summed E-state index contributed by atoms with van der Waals surface area (Å²) in [6.07, 6.45) is 1.50. The highest BCUT2D eigenvalue weighted by molar-refractivity contribution is 8.26. The van der Waals surface area contributed by atoms with E-state index in [4.69, 9.17) is 26.8 Å². The van der Waals surface area contributed by atoms with Gasteiger partial charge < -0.3 is 25.0 Å². The molecule has 1 fully saturated rings. The van der Waals surface area contributed by atoms with Gasteiger partial charge in [-0.1, -0.05) is 24.0 Å². The zero-order chi connectivity index (χ0) is 20.8. The van der Waals surface area contributed by atoms with Gasteiger partial charge in [0.05, 0.1) is 19.1 Å². The van der Waals surface area contributed by atoms with Gasteiger partial charge >= 0.3 is 5.97 Å². The van der Waals surface area contributed by atoms with E-state index in [0.29, 0.717) is 14.8 Å². The van der Waals surface area contributed by atoms with Crippen LogP contribution in [0.4, 0.5) is 0 Å². The average molecular weight is 426 g/mol. The lowest BCUT2D eigenvalue weighted by atomic mass is 10.1. The fourth-order valence-corrected chi connectivity index (χ4v) is 3.63. The van der Waals surface area contributed by atoms with E-state index in [1.807, 2.05) is 0 Å². The van der Waals surface area contributed by atoms with Crippen molar-refractivity contribution in [2.24, 2.45) is 0 Å². The SMILES string of the molecule is COc1cc(/C=C2\SC(=S)N(CCC(=O)NCC(=O)O)C2=O)cc(OC)c1O. The second-order valence-corrected chi connectivity index (χ2v) is 7.20. The molecule has 1 aromatic rings. The van der Waals surface area contributed by atoms with Crippen molar-refractivity contribution in [1.29, 1.82) is 0 Å². The number of hydrogen-bond donors (Lipinski definition) is 3. The molecule has 2 rings (SSSR count). The van der Waals surface area contributed by atoms with Crippen LogP contribution in [0.2, 0.25) is 0 Å². The Labute approximate surface area is 170 Å². The molecule has 1 aromatic carbocycles. The van der Waals surface area contributed by atoms with Crippen LogP contribution in [0, 0.1) is 0 Å². The van der Waals surface area contributed by atoms with Crippen LogP contribution in [0.25, 0.3) is 6.08 Å². The number of carbonyl (C=O) groups is 3. The van der Waals surface area contributed by atoms with E-state index in [1.54, 1.807) is 18.2 Å². The average Bonchev–Trinajstić information content (AvgIpc) is 2.92. The number of benzene rings is 1. The van der Waals surface area contributed by atoms with Crippen molar-refractivity contribution in [3.63, 3.8) is 0 Å². The van der Waals surface area contributed by atoms with Gasteiger partial charge in [-0.15, -0.1) is 0 Å². The third-order valence-corrected chi connectivity index (χ3v) is 5.05. The van der Waals surface area contributed by atoms with Crippen molar-refractivity contribution in [2.75, 3.05) is 27.3 Å². The van der Waals surface area contributed by atoms with Crippen LogP contribution in [0.5, 0.6) is 17.2 Å². The van der Waals surface area contributed by atoms with Crippen LogP contribution < -0.4 is 14.8 Å². The minimum Gasteiger partial charge on any atom is -0.502 e. The number of nitrogens with zero attached hydrogens (tertiary/aromatic N) is 1. The molecule has 0 aromatic heterocycles. The van der Waals surface area contributed by atoms with Gasteiger partial charge in [0, 0.05) is 13.0 Å². The summed E-state index contributed by atoms with van der Waals surface area (Å²) in [5.41, 5.74) is 0.561. The van der Waals surface area contributed by atoms with Crippen LogP contribution in [-0.4, -0.2) is 64.5 Å². The lowest BCUT2D eigenvalue weighted by Crippen LogP contribution is -2.35. The third kappa shape index (κ3) is 5.14. The number of hydrogen-bond acceptors (Lipinski definition) is 8. The summed E-state index contributed by atoms with van der Waals surface area (Å²) in [6, 6.07) is 3.09. The van der Waals surface area contributed by atoms with E-state index in [2.05, 4.69) is 5.32 Å². The largest absolute Gasteiger partial charge is 0.502 e. The second kappa shape index (κ2) is 9.42. The number of phenolic OH excluding ortho intramolecular Hbond substituents is 1. The van der Waals surface area contributed by atoms with Gasteiger partial charge in [0.25, 0.3) is 5.91 Å². The Bertz CT molecular complexity index is 829. The van der Waals surface area contributed by atoms with Gasteiger partial charge in [0.1, 0.15) is 10.9 Å². The summed E-state index contributed by atoms with van der Waals surface area (Å²) in [7, 11) is 2.79. The number of ether oxygens (including phenoxy) is 2. The van der Waals surface area contributed by atoms with E-state index in [-0.39, 0.29) is 36.1 Å². The predicted molar refractivity (Wildman–Crippen MR) is 106 cm³/mol. The Hall–Kier alpha value is -2.79. The van der Waals surface area contributed by atoms with Crippen molar-refractivity contribution in [3.8, 4) is 17.2 Å². The van der Waals surface area contributed by atoms with Gasteiger partial charge in [-0.3, -0.25) is 19.3 Å². The van der Waals surface area contributed by atoms with Crippen molar-refractivity contribution in [2.45, 2.75) is 6.42 Å². The molecule has 0 aliphatic carbocycles. The lowest BCUT2D eigenvalue weighted by Gasteiger charge is -2.13. The number of aromatic hydroxyl groups is 1. The number of thioether (sulfide) groups is 1. The topological polar surface area (TPSA) is 125 Å². The Balaban J connectivity index is 2.12. The highest BCUT2D eigenvalue weighted by Crippen LogP contribution is 2.39. The van der Waals surface area contributed by atoms with Gasteiger partial charge in [0.15, 0.2) is 11.5 Å². The summed E-state index contributed by atoms with van der Waals surface area (Å²) in [5, 5.41) is 20.7. The molecule has 0 radical (unpaired) electrons. The molecule has 0 bridgehead atoms. The maximum atomic E-state index is 12.6. The first-order valence-electron chi connectivity index (χ1n) is 7.95. The summed E-state index contributed by atoms with van der Waals surface area (Å²) in [6.45, 7) is -0.447. The molecule has 0 saturated carbocycles. The Morgan fingerprint density at radius 1 is 1.29 bits per heavy atom. The number of phenols is 1. The minimum atomic E-state index is -1.15. The lowest BCUT2D eigenvalue weighted by molar-refractivity contribution is -0.138. The zero-order valence-electron chi connectivity index (χ0n) is 15.1. The van der Waals surface area contributed by atoms with E-state index in [9.17, 15) is 19.5 Å². The molecule has 9 nitrogen and oxygen atoms in total. The highest BCUT2D eigenvalue weighted by atomic mass is 32.2. The molecule has 1 heterocycles. The van der Waals surface area contributed by atoms with E-state index in [0.717, 1.165) is 11.8 Å². The van der Waals surface area contributed by atoms with Crippen LogP contribution in [0.3, 0.4) is 0 Å². The number of carboxylic acid groups (broad SMARTS) is 1. The number of carbonyl (C=O) groups excluding carboxylic acids is 2. The summed E-state index contributed by atoms with van der Waals surface area (Å²) >= 11 is 6.28. The minimum absolute atomic E-state index is 0.0374. The molecule has 0 unspecified atom stereocenters. The number of methoxy groups -OCH3 is 2. The molecule has 1 aliphatic heterocycles. The molecule has 3 N–H and O–H groups in total. The van der Waals surface area contributed by atoms with Crippen molar-refractivity contribution in [1.82, 2.24) is 10.2 Å². The molecule has 28 heavy (non-hydrogen) atoms. The molecular formula is C17H18N2O7S2. The van der Waals surface area contributed by atoms with Crippen molar-refractivity contribution >= 4 is 52.2 Å². The molecule has 11 heteroatoms. The van der Waals surface area contributed by atoms with Gasteiger partial charge in [-0.05, 0) is 23.8 Å². The van der Waals surface area contributed by atoms with Crippen LogP contribution in [0.15, 0.2) is 17.0 Å². The highest BCUT2D eigenvalue weighted by Gasteiger charge is 2.32. The Morgan fingerprint density at radius 3 is 2.43 bits per heavy atom. The maximum absolute atomic E-state index is 12.6. The second-order valence-electron chi connectivity index (χ2n) is 5.53. The first-order chi connectivity index (χ1) is 13.3. The smallest absolute Gasteiger partial charge is 0.322 e. The quantitative estimate of drug-likeness (QED) is 0.415. The van der Waals surface area contributed by atoms with Crippen LogP contribution >= 0.6 is 24.0 Å². The number of aliphatic carboxylic acids is 1. The molecular weight excluding hydrogens is 408 g/mol. The first-order valence-corrected chi connectivity index (χ1v) is 9.18. The fraction of sp³-hybridized carbons (Fsp3) is 0.294. The number of carboxylic acids is 1. The zero-order valence-corrected chi connectivity index (χ0v) is 16.7. The third-order valence-electron chi connectivity index (χ3n) is 3.67. The van der Waals surface area contributed by atoms with Crippen LogP contribution in [-0.2, 0) is 14.4 Å². The normalized spacial score (nSPS) is 15.1. The standard InChI is InChI=1S/C17H18N2O7S2/c1-25-10-5-9(6-11(26-2)15(10)23)7-12-16(24)19(17(27)28-12)4-3-13(20)18-8-14(21)22/h5-7,23H,3-4,8H2,1-2H3,(H,18,20)(H,21,22)/b12-7-. The van der Waals surface area contributed by atoms with E-state index in [1.165, 1.54) is 19.1 Å². The monoisotopic (exact) mass is 426 g/mol. The first kappa shape index (κ1) is 21.5. The fourth-order valence-electron chi connectivity index (χ4n) is 2.32. The van der Waals surface area contributed by atoms with Crippen LogP contribution in [0.1, 0.15) is 12.0 Å². The molecule has 0 atom stereocenters. The van der Waals surface area contributed by atoms with E-state index >= 15 is 0 Å².